The molecule has 0 atom stereocenters. The van der Waals surface area contributed by atoms with E-state index < -0.39 is 5.97 Å². The predicted octanol–water partition coefficient (Wildman–Crippen LogP) is 4.50. The van der Waals surface area contributed by atoms with Crippen LogP contribution in [-0.2, 0) is 0 Å². The molecule has 5 nitrogen and oxygen atoms in total. The molecule has 0 unspecified atom stereocenters. The number of carbonyl (C=O) groups is 1. The number of hydrogen-bond acceptors (Lipinski definition) is 6. The van der Waals surface area contributed by atoms with E-state index in [2.05, 4.69) is 0 Å². The summed E-state index contributed by atoms with van der Waals surface area (Å²) in [6.07, 6.45) is 0. The minimum atomic E-state index is -0.439. The maximum atomic E-state index is 12.0. The minimum absolute atomic E-state index is 0.328. The summed E-state index contributed by atoms with van der Waals surface area (Å²) in [7, 11) is 0. The zero-order chi connectivity index (χ0) is 17.6. The fourth-order valence-electron chi connectivity index (χ4n) is 2.08. The number of rotatable bonds is 4. The van der Waals surface area contributed by atoms with Gasteiger partial charge in [0.2, 0.25) is 0 Å². The molecule has 1 heterocycles. The van der Waals surface area contributed by atoms with Crippen LogP contribution in [0.3, 0.4) is 0 Å². The largest absolute Gasteiger partial charge is 0.457 e. The number of nitrogens with zero attached hydrogens (tertiary/aromatic N) is 2. The third-order valence-corrected chi connectivity index (χ3v) is 3.99. The van der Waals surface area contributed by atoms with Crippen LogP contribution in [0.1, 0.15) is 20.8 Å². The van der Waals surface area contributed by atoms with Gasteiger partial charge in [-0.1, -0.05) is 12.1 Å². The number of thiophene rings is 1. The highest BCUT2D eigenvalue weighted by Gasteiger charge is 2.10. The van der Waals surface area contributed by atoms with E-state index in [-0.39, 0.29) is 0 Å². The van der Waals surface area contributed by atoms with Crippen LogP contribution in [0.25, 0.3) is 0 Å². The second-order valence-electron chi connectivity index (χ2n) is 4.91. The van der Waals surface area contributed by atoms with Gasteiger partial charge in [0.15, 0.2) is 0 Å². The van der Waals surface area contributed by atoms with Gasteiger partial charge in [0.1, 0.15) is 22.1 Å². The normalized spacial score (nSPS) is 9.68. The van der Waals surface area contributed by atoms with Crippen molar-refractivity contribution in [2.75, 3.05) is 0 Å². The molecule has 0 radical (unpaired) electrons. The van der Waals surface area contributed by atoms with Crippen molar-refractivity contribution in [1.29, 1.82) is 10.5 Å². The highest BCUT2D eigenvalue weighted by molar-refractivity contribution is 7.12. The van der Waals surface area contributed by atoms with Crippen molar-refractivity contribution in [1.82, 2.24) is 0 Å². The van der Waals surface area contributed by atoms with Crippen LogP contribution in [0.5, 0.6) is 17.2 Å². The summed E-state index contributed by atoms with van der Waals surface area (Å²) in [5.74, 6) is 0.686. The number of carbonyl (C=O) groups excluding carboxylic acids is 1. The topological polar surface area (TPSA) is 83.1 Å². The molecule has 0 aliphatic carbocycles. The Hall–Kier alpha value is -3.61. The molecule has 120 valence electrons. The van der Waals surface area contributed by atoms with Crippen molar-refractivity contribution in [2.45, 2.75) is 0 Å². The Balaban J connectivity index is 1.80. The van der Waals surface area contributed by atoms with E-state index in [1.165, 1.54) is 29.5 Å². The van der Waals surface area contributed by atoms with Gasteiger partial charge < -0.3 is 9.47 Å². The lowest BCUT2D eigenvalue weighted by atomic mass is 10.1. The Morgan fingerprint density at radius 3 is 2.24 bits per heavy atom. The summed E-state index contributed by atoms with van der Waals surface area (Å²) in [4.78, 5) is 12.5. The first-order chi connectivity index (χ1) is 12.2. The first-order valence-electron chi connectivity index (χ1n) is 7.17. The molecule has 2 aromatic carbocycles. The van der Waals surface area contributed by atoms with Crippen molar-refractivity contribution < 1.29 is 14.3 Å². The lowest BCUT2D eigenvalue weighted by Gasteiger charge is -2.08. The van der Waals surface area contributed by atoms with E-state index in [0.29, 0.717) is 33.3 Å². The highest BCUT2D eigenvalue weighted by atomic mass is 32.1. The zero-order valence-corrected chi connectivity index (χ0v) is 13.6. The molecule has 0 saturated heterocycles. The van der Waals surface area contributed by atoms with Gasteiger partial charge in [-0.3, -0.25) is 0 Å². The van der Waals surface area contributed by atoms with Gasteiger partial charge in [-0.05, 0) is 41.8 Å². The van der Waals surface area contributed by atoms with Gasteiger partial charge in [-0.2, -0.15) is 10.5 Å². The summed E-state index contributed by atoms with van der Waals surface area (Å²) >= 11 is 1.30. The van der Waals surface area contributed by atoms with E-state index in [1.54, 1.807) is 41.8 Å². The number of esters is 1. The third-order valence-electron chi connectivity index (χ3n) is 3.14. The maximum absolute atomic E-state index is 12.0. The van der Waals surface area contributed by atoms with Gasteiger partial charge in [0.05, 0.1) is 23.3 Å². The van der Waals surface area contributed by atoms with E-state index in [0.717, 1.165) is 0 Å². The first kappa shape index (κ1) is 16.3. The Bertz CT molecular complexity index is 966. The molecular weight excluding hydrogens is 336 g/mol. The third kappa shape index (κ3) is 4.03. The van der Waals surface area contributed by atoms with Crippen LogP contribution >= 0.6 is 11.3 Å². The lowest BCUT2D eigenvalue weighted by Crippen LogP contribution is -2.06. The maximum Gasteiger partial charge on any atom is 0.353 e. The monoisotopic (exact) mass is 346 g/mol. The highest BCUT2D eigenvalue weighted by Crippen LogP contribution is 2.27. The Labute approximate surface area is 147 Å². The van der Waals surface area contributed by atoms with Crippen LogP contribution in [0.4, 0.5) is 0 Å². The molecule has 0 amide bonds. The van der Waals surface area contributed by atoms with Crippen molar-refractivity contribution in [3.63, 3.8) is 0 Å². The zero-order valence-electron chi connectivity index (χ0n) is 12.8. The molecule has 3 rings (SSSR count). The fourth-order valence-corrected chi connectivity index (χ4v) is 2.68. The van der Waals surface area contributed by atoms with Gasteiger partial charge in [0.25, 0.3) is 0 Å². The molecule has 0 saturated carbocycles. The minimum Gasteiger partial charge on any atom is -0.457 e. The van der Waals surface area contributed by atoms with E-state index in [9.17, 15) is 4.79 Å². The standard InChI is InChI=1S/C19H10N2O3S/c20-11-13-7-14(12-21)9-17(8-13)23-15-3-1-4-16(10-15)24-19(22)18-5-2-6-25-18/h1-10H. The average Bonchev–Trinajstić information content (AvgIpc) is 3.16. The summed E-state index contributed by atoms with van der Waals surface area (Å²) in [5, 5.41) is 19.8. The first-order valence-corrected chi connectivity index (χ1v) is 8.05. The van der Waals surface area contributed by atoms with Crippen LogP contribution in [-0.4, -0.2) is 5.97 Å². The smallest absolute Gasteiger partial charge is 0.353 e. The molecule has 0 fully saturated rings. The molecule has 0 N–H and O–H groups in total. The molecule has 0 bridgehead atoms. The number of nitriles is 2. The van der Waals surface area contributed by atoms with Crippen molar-refractivity contribution in [3.8, 4) is 29.4 Å². The van der Waals surface area contributed by atoms with Crippen LogP contribution in [0.15, 0.2) is 60.0 Å². The predicted molar refractivity (Wildman–Crippen MR) is 91.7 cm³/mol. The summed E-state index contributed by atoms with van der Waals surface area (Å²) in [5.41, 5.74) is 0.656. The number of benzene rings is 2. The number of hydrogen-bond donors (Lipinski definition) is 0. The lowest BCUT2D eigenvalue weighted by molar-refractivity contribution is 0.0739. The Kier molecular flexibility index (Phi) is 4.75. The fraction of sp³-hybridized carbons (Fsp3) is 0. The molecular formula is C19H10N2O3S. The van der Waals surface area contributed by atoms with Crippen LogP contribution in [0.2, 0.25) is 0 Å². The van der Waals surface area contributed by atoms with E-state index >= 15 is 0 Å². The van der Waals surface area contributed by atoms with Crippen LogP contribution in [0, 0.1) is 22.7 Å². The van der Waals surface area contributed by atoms with Gasteiger partial charge in [0, 0.05) is 6.07 Å². The Morgan fingerprint density at radius 2 is 1.60 bits per heavy atom. The van der Waals surface area contributed by atoms with Crippen molar-refractivity contribution in [2.24, 2.45) is 0 Å². The van der Waals surface area contributed by atoms with Gasteiger partial charge >= 0.3 is 5.97 Å². The molecule has 1 aromatic heterocycles. The summed E-state index contributed by atoms with van der Waals surface area (Å²) < 4.78 is 11.0. The van der Waals surface area contributed by atoms with Gasteiger partial charge in [-0.25, -0.2) is 4.79 Å². The molecule has 0 aliphatic heterocycles. The second-order valence-corrected chi connectivity index (χ2v) is 5.86. The summed E-state index contributed by atoms with van der Waals surface area (Å²) in [6.45, 7) is 0. The average molecular weight is 346 g/mol. The summed E-state index contributed by atoms with van der Waals surface area (Å²) in [6, 6.07) is 18.5. The number of ether oxygens (including phenoxy) is 2. The van der Waals surface area contributed by atoms with Gasteiger partial charge in [-0.15, -0.1) is 11.3 Å². The van der Waals surface area contributed by atoms with E-state index in [1.807, 2.05) is 12.1 Å². The molecule has 0 aliphatic rings. The molecule has 3 aromatic rings. The van der Waals surface area contributed by atoms with Crippen molar-refractivity contribution in [3.05, 3.63) is 76.0 Å². The SMILES string of the molecule is N#Cc1cc(C#N)cc(Oc2cccc(OC(=O)c3cccs3)c2)c1. The molecule has 6 heteroatoms. The van der Waals surface area contributed by atoms with Crippen molar-refractivity contribution >= 4 is 17.3 Å². The molecule has 25 heavy (non-hydrogen) atoms. The molecule has 0 spiro atoms. The Morgan fingerprint density at radius 1 is 0.880 bits per heavy atom. The second kappa shape index (κ2) is 7.31. The quantitative estimate of drug-likeness (QED) is 0.513. The van der Waals surface area contributed by atoms with E-state index in [4.69, 9.17) is 20.0 Å². The van der Waals surface area contributed by atoms with Crippen LogP contribution < -0.4 is 9.47 Å².